The number of anilines is 2. The highest BCUT2D eigenvalue weighted by molar-refractivity contribution is 6.09. The average molecular weight is 503 g/mol. The van der Waals surface area contributed by atoms with Gasteiger partial charge in [0.1, 0.15) is 0 Å². The molecule has 0 fully saturated rings. The maximum atomic E-state index is 4.25. The van der Waals surface area contributed by atoms with E-state index in [1.807, 2.05) is 43.4 Å². The molecule has 2 nitrogen and oxygen atoms in total. The van der Waals surface area contributed by atoms with E-state index in [0.29, 0.717) is 0 Å². The van der Waals surface area contributed by atoms with Crippen molar-refractivity contribution in [3.8, 4) is 16.8 Å². The topological polar surface area (TPSA) is 17.0 Å². The molecule has 1 heterocycles. The monoisotopic (exact) mass is 502 g/mol. The third kappa shape index (κ3) is 4.81. The highest BCUT2D eigenvalue weighted by atomic mass is 15.0. The van der Waals surface area contributed by atoms with Crippen LogP contribution in [0.4, 0.5) is 11.4 Å². The summed E-state index contributed by atoms with van der Waals surface area (Å²) in [6, 6.07) is 42.9. The molecule has 1 N–H and O–H groups in total. The molecule has 0 aliphatic heterocycles. The minimum Gasteiger partial charge on any atom is -0.355 e. The summed E-state index contributed by atoms with van der Waals surface area (Å²) in [5.41, 5.74) is 10.1. The Morgan fingerprint density at radius 1 is 0.641 bits per heavy atom. The fraction of sp³-hybridized carbons (Fsp3) is 0.0270. The lowest BCUT2D eigenvalue weighted by atomic mass is 10.0. The summed E-state index contributed by atoms with van der Waals surface area (Å²) in [7, 11) is 0. The Morgan fingerprint density at radius 2 is 1.21 bits per heavy atom. The van der Waals surface area contributed by atoms with Gasteiger partial charge in [-0.15, -0.1) is 0 Å². The molecule has 0 radical (unpaired) electrons. The quantitative estimate of drug-likeness (QED) is 0.215. The van der Waals surface area contributed by atoms with Gasteiger partial charge < -0.3 is 9.88 Å². The van der Waals surface area contributed by atoms with Gasteiger partial charge in [-0.1, -0.05) is 110 Å². The number of rotatable bonds is 7. The lowest BCUT2D eigenvalue weighted by Gasteiger charge is -2.13. The summed E-state index contributed by atoms with van der Waals surface area (Å²) in [6.07, 6.45) is 8.07. The molecule has 0 spiro atoms. The normalized spacial score (nSPS) is 11.6. The van der Waals surface area contributed by atoms with Crippen LogP contribution in [0.5, 0.6) is 0 Å². The van der Waals surface area contributed by atoms with Gasteiger partial charge in [-0.25, -0.2) is 0 Å². The second-order valence-electron chi connectivity index (χ2n) is 9.57. The van der Waals surface area contributed by atoms with Gasteiger partial charge in [0, 0.05) is 33.4 Å². The van der Waals surface area contributed by atoms with Crippen LogP contribution >= 0.6 is 0 Å². The second kappa shape index (κ2) is 10.7. The molecule has 0 bridgehead atoms. The molecule has 188 valence electrons. The summed E-state index contributed by atoms with van der Waals surface area (Å²) in [4.78, 5) is 0. The van der Waals surface area contributed by atoms with Crippen molar-refractivity contribution in [1.29, 1.82) is 0 Å². The number of fused-ring (bicyclic) bond motifs is 3. The maximum absolute atomic E-state index is 4.25. The van der Waals surface area contributed by atoms with Crippen LogP contribution in [0.15, 0.2) is 152 Å². The van der Waals surface area contributed by atoms with Crippen molar-refractivity contribution in [2.24, 2.45) is 0 Å². The van der Waals surface area contributed by atoms with Crippen LogP contribution < -0.4 is 5.32 Å². The molecule has 0 atom stereocenters. The van der Waals surface area contributed by atoms with Crippen LogP contribution in [0.2, 0.25) is 0 Å². The Morgan fingerprint density at radius 3 is 1.85 bits per heavy atom. The zero-order chi connectivity index (χ0) is 26.6. The Balaban J connectivity index is 1.25. The molecule has 6 rings (SSSR count). The first-order chi connectivity index (χ1) is 19.2. The van der Waals surface area contributed by atoms with Crippen LogP contribution in [0.3, 0.4) is 0 Å². The molecule has 0 aliphatic carbocycles. The van der Waals surface area contributed by atoms with Gasteiger partial charge in [0.05, 0.1) is 11.0 Å². The molecule has 6 aromatic rings. The third-order valence-electron chi connectivity index (χ3n) is 7.08. The predicted octanol–water partition coefficient (Wildman–Crippen LogP) is 10.3. The lowest BCUT2D eigenvalue weighted by Crippen LogP contribution is -1.95. The van der Waals surface area contributed by atoms with Crippen molar-refractivity contribution < 1.29 is 0 Å². The molecule has 1 aromatic heterocycles. The number of nitrogens with one attached hydrogen (secondary N) is 1. The Hall–Kier alpha value is -5.08. The van der Waals surface area contributed by atoms with Gasteiger partial charge in [-0.05, 0) is 66.1 Å². The van der Waals surface area contributed by atoms with Crippen molar-refractivity contribution in [1.82, 2.24) is 4.57 Å². The predicted molar refractivity (Wildman–Crippen MR) is 169 cm³/mol. The fourth-order valence-electron chi connectivity index (χ4n) is 5.15. The molecule has 5 aromatic carbocycles. The van der Waals surface area contributed by atoms with E-state index in [2.05, 4.69) is 126 Å². The van der Waals surface area contributed by atoms with Crippen molar-refractivity contribution >= 4 is 38.8 Å². The van der Waals surface area contributed by atoms with Gasteiger partial charge in [0.2, 0.25) is 0 Å². The van der Waals surface area contributed by atoms with Crippen LogP contribution in [0.1, 0.15) is 12.5 Å². The molecule has 39 heavy (non-hydrogen) atoms. The summed E-state index contributed by atoms with van der Waals surface area (Å²) in [6.45, 7) is 6.26. The molecule has 0 amide bonds. The number of nitrogens with zero attached hydrogens (tertiary/aromatic N) is 1. The minimum absolute atomic E-state index is 0.969. The highest BCUT2D eigenvalue weighted by Crippen LogP contribution is 2.33. The lowest BCUT2D eigenvalue weighted by molar-refractivity contribution is 1.18. The number of hydrogen-bond acceptors (Lipinski definition) is 1. The SMILES string of the molecule is C=C(/C=C\C=C/C)c1ccccc1Nc1ccc(-c2ccc(-n3c4ccccc4c4ccccc43)cc2)cc1. The Bertz CT molecular complexity index is 1780. The Kier molecular flexibility index (Phi) is 6.67. The van der Waals surface area contributed by atoms with Crippen LogP contribution in [-0.4, -0.2) is 4.57 Å². The third-order valence-corrected chi connectivity index (χ3v) is 7.08. The smallest absolute Gasteiger partial charge is 0.0541 e. The van der Waals surface area contributed by atoms with E-state index in [4.69, 9.17) is 0 Å². The van der Waals surface area contributed by atoms with E-state index < -0.39 is 0 Å². The molecular formula is C37H30N2. The van der Waals surface area contributed by atoms with E-state index in [1.165, 1.54) is 32.9 Å². The number of allylic oxidation sites excluding steroid dienone is 5. The van der Waals surface area contributed by atoms with Crippen molar-refractivity contribution in [2.75, 3.05) is 5.32 Å². The largest absolute Gasteiger partial charge is 0.355 e. The minimum atomic E-state index is 0.969. The van der Waals surface area contributed by atoms with Gasteiger partial charge >= 0.3 is 0 Å². The second-order valence-corrected chi connectivity index (χ2v) is 9.57. The molecule has 2 heteroatoms. The van der Waals surface area contributed by atoms with E-state index in [0.717, 1.165) is 28.2 Å². The van der Waals surface area contributed by atoms with Crippen molar-refractivity contribution in [3.05, 3.63) is 158 Å². The number of para-hydroxylation sites is 3. The first-order valence-corrected chi connectivity index (χ1v) is 13.3. The maximum Gasteiger partial charge on any atom is 0.0541 e. The van der Waals surface area contributed by atoms with E-state index in [-0.39, 0.29) is 0 Å². The van der Waals surface area contributed by atoms with Crippen LogP contribution in [-0.2, 0) is 0 Å². The zero-order valence-corrected chi connectivity index (χ0v) is 22.0. The standard InChI is InChI=1S/C37H30N2/c1-3-4-5-12-27(2)32-13-6-9-16-35(32)38-30-23-19-28(20-24-30)29-21-25-31(26-22-29)39-36-17-10-7-14-33(36)34-15-8-11-18-37(34)39/h3-26,38H,2H2,1H3/b4-3-,12-5-. The van der Waals surface area contributed by atoms with Gasteiger partial charge in [0.25, 0.3) is 0 Å². The number of benzene rings is 5. The van der Waals surface area contributed by atoms with Crippen molar-refractivity contribution in [2.45, 2.75) is 6.92 Å². The molecule has 0 aliphatic rings. The Labute approximate surface area is 229 Å². The number of hydrogen-bond donors (Lipinski definition) is 1. The molecule has 0 saturated carbocycles. The van der Waals surface area contributed by atoms with Crippen LogP contribution in [0.25, 0.3) is 44.2 Å². The van der Waals surface area contributed by atoms with Gasteiger partial charge in [-0.2, -0.15) is 0 Å². The van der Waals surface area contributed by atoms with E-state index in [1.54, 1.807) is 0 Å². The average Bonchev–Trinajstić information content (AvgIpc) is 3.32. The molecular weight excluding hydrogens is 472 g/mol. The van der Waals surface area contributed by atoms with Gasteiger partial charge in [0.15, 0.2) is 0 Å². The van der Waals surface area contributed by atoms with Crippen LogP contribution in [0, 0.1) is 0 Å². The highest BCUT2D eigenvalue weighted by Gasteiger charge is 2.11. The number of aromatic nitrogens is 1. The first-order valence-electron chi connectivity index (χ1n) is 13.3. The fourth-order valence-corrected chi connectivity index (χ4v) is 5.15. The first kappa shape index (κ1) is 24.3. The summed E-state index contributed by atoms with van der Waals surface area (Å²) in [5.74, 6) is 0. The zero-order valence-electron chi connectivity index (χ0n) is 22.0. The molecule has 0 unspecified atom stereocenters. The summed E-state index contributed by atoms with van der Waals surface area (Å²) < 4.78 is 2.35. The van der Waals surface area contributed by atoms with Gasteiger partial charge in [-0.3, -0.25) is 0 Å². The van der Waals surface area contributed by atoms with E-state index in [9.17, 15) is 0 Å². The van der Waals surface area contributed by atoms with Crippen molar-refractivity contribution in [3.63, 3.8) is 0 Å². The summed E-state index contributed by atoms with van der Waals surface area (Å²) >= 11 is 0. The molecule has 0 saturated heterocycles. The van der Waals surface area contributed by atoms with E-state index >= 15 is 0 Å². The summed E-state index contributed by atoms with van der Waals surface area (Å²) in [5, 5.41) is 6.12.